The number of rotatable bonds is 2. The van der Waals surface area contributed by atoms with Crippen molar-refractivity contribution >= 4 is 17.3 Å². The summed E-state index contributed by atoms with van der Waals surface area (Å²) in [7, 11) is 0. The van der Waals surface area contributed by atoms with Gasteiger partial charge in [-0.3, -0.25) is 4.79 Å². The first kappa shape index (κ1) is 13.3. The lowest BCUT2D eigenvalue weighted by Gasteiger charge is -2.24. The number of hydrogen-bond donors (Lipinski definition) is 3. The van der Waals surface area contributed by atoms with Crippen molar-refractivity contribution in [3.63, 3.8) is 0 Å². The van der Waals surface area contributed by atoms with E-state index in [2.05, 4.69) is 5.32 Å². The number of benzene rings is 2. The number of para-hydroxylation sites is 1. The van der Waals surface area contributed by atoms with E-state index in [-0.39, 0.29) is 17.6 Å². The topological polar surface area (TPSA) is 84.6 Å². The van der Waals surface area contributed by atoms with Gasteiger partial charge in [-0.1, -0.05) is 18.2 Å². The van der Waals surface area contributed by atoms with E-state index in [4.69, 9.17) is 10.5 Å². The molecule has 0 aromatic heterocycles. The first-order valence-corrected chi connectivity index (χ1v) is 6.73. The van der Waals surface area contributed by atoms with Crippen molar-refractivity contribution in [2.75, 3.05) is 17.7 Å². The Morgan fingerprint density at radius 1 is 1.29 bits per heavy atom. The molecule has 0 saturated carbocycles. The Bertz CT molecular complexity index is 685. The second-order valence-corrected chi connectivity index (χ2v) is 5.08. The van der Waals surface area contributed by atoms with Gasteiger partial charge in [-0.2, -0.15) is 0 Å². The molecule has 1 amide bonds. The van der Waals surface area contributed by atoms with E-state index in [1.165, 1.54) is 12.1 Å². The predicted octanol–water partition coefficient (Wildman–Crippen LogP) is 2.16. The van der Waals surface area contributed by atoms with E-state index in [1.807, 2.05) is 24.3 Å². The molecule has 1 unspecified atom stereocenters. The summed E-state index contributed by atoms with van der Waals surface area (Å²) in [6.45, 7) is 0.348. The van der Waals surface area contributed by atoms with E-state index in [0.717, 1.165) is 11.3 Å². The SMILES string of the molecule is Nc1cc(O)ccc1NC(=O)C1COc2ccccc2C1. The monoisotopic (exact) mass is 284 g/mol. The van der Waals surface area contributed by atoms with Crippen LogP contribution in [0.25, 0.3) is 0 Å². The molecule has 1 atom stereocenters. The normalized spacial score (nSPS) is 16.7. The van der Waals surface area contributed by atoms with Crippen LogP contribution < -0.4 is 15.8 Å². The predicted molar refractivity (Wildman–Crippen MR) is 80.3 cm³/mol. The number of hydrogen-bond acceptors (Lipinski definition) is 4. The molecule has 5 nitrogen and oxygen atoms in total. The molecule has 3 rings (SSSR count). The van der Waals surface area contributed by atoms with Gasteiger partial charge in [-0.15, -0.1) is 0 Å². The van der Waals surface area contributed by atoms with Crippen molar-refractivity contribution in [3.8, 4) is 11.5 Å². The number of phenols is 1. The Labute approximate surface area is 122 Å². The van der Waals surface area contributed by atoms with Gasteiger partial charge in [0.15, 0.2) is 0 Å². The average molecular weight is 284 g/mol. The van der Waals surface area contributed by atoms with Crippen molar-refractivity contribution in [1.29, 1.82) is 0 Å². The van der Waals surface area contributed by atoms with E-state index in [0.29, 0.717) is 24.4 Å². The zero-order chi connectivity index (χ0) is 14.8. The highest BCUT2D eigenvalue weighted by molar-refractivity contribution is 5.95. The van der Waals surface area contributed by atoms with Crippen LogP contribution in [0.4, 0.5) is 11.4 Å². The van der Waals surface area contributed by atoms with Gasteiger partial charge in [0.25, 0.3) is 0 Å². The smallest absolute Gasteiger partial charge is 0.231 e. The summed E-state index contributed by atoms with van der Waals surface area (Å²) in [6.07, 6.45) is 0.639. The van der Waals surface area contributed by atoms with Crippen LogP contribution in [-0.2, 0) is 11.2 Å². The molecule has 21 heavy (non-hydrogen) atoms. The summed E-state index contributed by atoms with van der Waals surface area (Å²) in [5.74, 6) is 0.515. The minimum absolute atomic E-state index is 0.0698. The number of phenolic OH excluding ortho intramolecular Hbond substituents is 1. The van der Waals surface area contributed by atoms with E-state index in [1.54, 1.807) is 6.07 Å². The minimum atomic E-state index is -0.256. The largest absolute Gasteiger partial charge is 0.508 e. The number of carbonyl (C=O) groups is 1. The third kappa shape index (κ3) is 2.76. The first-order valence-electron chi connectivity index (χ1n) is 6.73. The average Bonchev–Trinajstić information content (AvgIpc) is 2.49. The molecular formula is C16H16N2O3. The summed E-state index contributed by atoms with van der Waals surface area (Å²) in [4.78, 5) is 12.3. The number of carbonyl (C=O) groups excluding carboxylic acids is 1. The maximum absolute atomic E-state index is 12.3. The zero-order valence-corrected chi connectivity index (χ0v) is 11.4. The second-order valence-electron chi connectivity index (χ2n) is 5.08. The van der Waals surface area contributed by atoms with Crippen LogP contribution in [0.15, 0.2) is 42.5 Å². The molecule has 108 valence electrons. The van der Waals surface area contributed by atoms with Crippen LogP contribution in [0.3, 0.4) is 0 Å². The van der Waals surface area contributed by atoms with Crippen LogP contribution in [-0.4, -0.2) is 17.6 Å². The lowest BCUT2D eigenvalue weighted by Crippen LogP contribution is -2.32. The summed E-state index contributed by atoms with van der Waals surface area (Å²) in [5.41, 5.74) is 7.63. The molecule has 1 heterocycles. The van der Waals surface area contributed by atoms with Gasteiger partial charge >= 0.3 is 0 Å². The number of fused-ring (bicyclic) bond motifs is 1. The fourth-order valence-electron chi connectivity index (χ4n) is 2.40. The Morgan fingerprint density at radius 3 is 2.90 bits per heavy atom. The van der Waals surface area contributed by atoms with Gasteiger partial charge in [0.05, 0.1) is 17.3 Å². The zero-order valence-electron chi connectivity index (χ0n) is 11.4. The van der Waals surface area contributed by atoms with E-state index >= 15 is 0 Å². The van der Waals surface area contributed by atoms with Crippen molar-refractivity contribution < 1.29 is 14.6 Å². The number of nitrogens with one attached hydrogen (secondary N) is 1. The maximum Gasteiger partial charge on any atom is 0.231 e. The van der Waals surface area contributed by atoms with Crippen molar-refractivity contribution in [2.24, 2.45) is 5.92 Å². The highest BCUT2D eigenvalue weighted by Gasteiger charge is 2.26. The molecule has 0 fully saturated rings. The van der Waals surface area contributed by atoms with Gasteiger partial charge in [-0.25, -0.2) is 0 Å². The molecule has 0 radical (unpaired) electrons. The fraction of sp³-hybridized carbons (Fsp3) is 0.188. The van der Waals surface area contributed by atoms with Crippen LogP contribution in [0.1, 0.15) is 5.56 Å². The number of ether oxygens (including phenoxy) is 1. The summed E-state index contributed by atoms with van der Waals surface area (Å²) in [6, 6.07) is 12.2. The molecule has 2 aromatic carbocycles. The van der Waals surface area contributed by atoms with Gasteiger partial charge in [0.2, 0.25) is 5.91 Å². The summed E-state index contributed by atoms with van der Waals surface area (Å²) < 4.78 is 5.61. The van der Waals surface area contributed by atoms with Crippen molar-refractivity contribution in [1.82, 2.24) is 0 Å². The third-order valence-corrected chi connectivity index (χ3v) is 3.54. The molecule has 1 aliphatic heterocycles. The van der Waals surface area contributed by atoms with E-state index < -0.39 is 0 Å². The molecular weight excluding hydrogens is 268 g/mol. The van der Waals surface area contributed by atoms with Crippen molar-refractivity contribution in [2.45, 2.75) is 6.42 Å². The first-order chi connectivity index (χ1) is 10.1. The lowest BCUT2D eigenvalue weighted by atomic mass is 9.96. The van der Waals surface area contributed by atoms with Gasteiger partial charge in [0, 0.05) is 6.07 Å². The Kier molecular flexibility index (Phi) is 3.39. The van der Waals surface area contributed by atoms with Crippen LogP contribution in [0.5, 0.6) is 11.5 Å². The number of nitrogens with two attached hydrogens (primary N) is 1. The second kappa shape index (κ2) is 5.36. The Balaban J connectivity index is 1.72. The molecule has 4 N–H and O–H groups in total. The Hall–Kier alpha value is -2.69. The van der Waals surface area contributed by atoms with Gasteiger partial charge < -0.3 is 20.9 Å². The summed E-state index contributed by atoms with van der Waals surface area (Å²) >= 11 is 0. The fourth-order valence-corrected chi connectivity index (χ4v) is 2.40. The third-order valence-electron chi connectivity index (χ3n) is 3.54. The molecule has 0 spiro atoms. The molecule has 0 bridgehead atoms. The highest BCUT2D eigenvalue weighted by atomic mass is 16.5. The number of nitrogen functional groups attached to an aromatic ring is 1. The summed E-state index contributed by atoms with van der Waals surface area (Å²) in [5, 5.41) is 12.1. The maximum atomic E-state index is 12.3. The molecule has 1 aliphatic rings. The quantitative estimate of drug-likeness (QED) is 0.583. The Morgan fingerprint density at radius 2 is 2.10 bits per heavy atom. The van der Waals surface area contributed by atoms with Crippen LogP contribution in [0.2, 0.25) is 0 Å². The number of anilines is 2. The highest BCUT2D eigenvalue weighted by Crippen LogP contribution is 2.28. The van der Waals surface area contributed by atoms with Crippen molar-refractivity contribution in [3.05, 3.63) is 48.0 Å². The molecule has 2 aromatic rings. The molecule has 0 saturated heterocycles. The number of amides is 1. The standard InChI is InChI=1S/C16H16N2O3/c17-13-8-12(19)5-6-14(13)18-16(20)11-7-10-3-1-2-4-15(10)21-9-11/h1-6,8,11,19H,7,9,17H2,(H,18,20). The van der Waals surface area contributed by atoms with Gasteiger partial charge in [-0.05, 0) is 30.2 Å². The molecule has 0 aliphatic carbocycles. The minimum Gasteiger partial charge on any atom is -0.508 e. The lowest BCUT2D eigenvalue weighted by molar-refractivity contribution is -0.121. The van der Waals surface area contributed by atoms with Crippen LogP contribution >= 0.6 is 0 Å². The van der Waals surface area contributed by atoms with Crippen LogP contribution in [0, 0.1) is 5.92 Å². The van der Waals surface area contributed by atoms with Gasteiger partial charge in [0.1, 0.15) is 18.1 Å². The number of aromatic hydroxyl groups is 1. The molecule has 5 heteroatoms. The van der Waals surface area contributed by atoms with E-state index in [9.17, 15) is 9.90 Å².